The van der Waals surface area contributed by atoms with Crippen LogP contribution in [0.4, 0.5) is 0 Å². The quantitative estimate of drug-likeness (QED) is 0.0222. The number of esters is 2. The lowest BCUT2D eigenvalue weighted by Gasteiger charge is -2.42. The van der Waals surface area contributed by atoms with Crippen molar-refractivity contribution in [3.05, 3.63) is 0 Å². The molecule has 0 aromatic carbocycles. The maximum Gasteiger partial charge on any atom is 0.306 e. The Hall–Kier alpha value is -1.50. The third-order valence-corrected chi connectivity index (χ3v) is 15.3. The van der Waals surface area contributed by atoms with Crippen LogP contribution in [0.5, 0.6) is 0 Å². The second kappa shape index (κ2) is 47.3. The number of carbonyl (C=O) groups is 2. The Labute approximate surface area is 455 Å². The normalized spacial score (nSPS) is 24.4. The Morgan fingerprint density at radius 2 is 0.680 bits per heavy atom. The maximum absolute atomic E-state index is 13.1. The molecule has 11 atom stereocenters. The zero-order valence-corrected chi connectivity index (χ0v) is 47.6. The van der Waals surface area contributed by atoms with Gasteiger partial charge in [0.2, 0.25) is 0 Å². The molecule has 444 valence electrons. The highest BCUT2D eigenvalue weighted by Crippen LogP contribution is 2.27. The Bertz CT molecular complexity index is 1310. The Morgan fingerprint density at radius 1 is 0.373 bits per heavy atom. The van der Waals surface area contributed by atoms with E-state index >= 15 is 0 Å². The van der Waals surface area contributed by atoms with Gasteiger partial charge in [0.05, 0.1) is 19.8 Å². The van der Waals surface area contributed by atoms with Gasteiger partial charge in [-0.1, -0.05) is 251 Å². The monoisotopic (exact) mass is 1070 g/mol. The summed E-state index contributed by atoms with van der Waals surface area (Å²) in [5, 5.41) is 72.4. The molecule has 0 spiro atoms. The molecule has 2 fully saturated rings. The molecular formula is C60H114O15. The molecule has 2 aliphatic rings. The first-order valence-corrected chi connectivity index (χ1v) is 31.1. The zero-order valence-electron chi connectivity index (χ0n) is 47.6. The first-order chi connectivity index (χ1) is 36.5. The van der Waals surface area contributed by atoms with Crippen molar-refractivity contribution < 1.29 is 73.8 Å². The number of carbonyl (C=O) groups excluding carboxylic acids is 2. The topological polar surface area (TPSA) is 231 Å². The van der Waals surface area contributed by atoms with Crippen LogP contribution in [0.2, 0.25) is 0 Å². The van der Waals surface area contributed by atoms with Gasteiger partial charge >= 0.3 is 11.9 Å². The van der Waals surface area contributed by atoms with Gasteiger partial charge in [0.25, 0.3) is 0 Å². The molecule has 2 aliphatic heterocycles. The zero-order chi connectivity index (χ0) is 54.6. The molecule has 2 saturated heterocycles. The van der Waals surface area contributed by atoms with Gasteiger partial charge in [-0.05, 0) is 12.8 Å². The first-order valence-electron chi connectivity index (χ1n) is 31.1. The molecule has 15 nitrogen and oxygen atoms in total. The van der Waals surface area contributed by atoms with Crippen LogP contribution in [0.15, 0.2) is 0 Å². The fourth-order valence-corrected chi connectivity index (χ4v) is 10.3. The molecule has 0 radical (unpaired) electrons. The molecule has 2 heterocycles. The van der Waals surface area contributed by atoms with E-state index < -0.39 is 92.7 Å². The summed E-state index contributed by atoms with van der Waals surface area (Å²) in [7, 11) is 0. The number of unbranched alkanes of at least 4 members (excludes halogenated alkanes) is 37. The van der Waals surface area contributed by atoms with E-state index in [-0.39, 0.29) is 26.1 Å². The van der Waals surface area contributed by atoms with Crippen molar-refractivity contribution in [1.82, 2.24) is 0 Å². The minimum atomic E-state index is -1.76. The first kappa shape index (κ1) is 69.6. The van der Waals surface area contributed by atoms with Crippen LogP contribution in [0.25, 0.3) is 0 Å². The summed E-state index contributed by atoms with van der Waals surface area (Å²) in [6, 6.07) is 0. The lowest BCUT2D eigenvalue weighted by molar-refractivity contribution is -0.332. The van der Waals surface area contributed by atoms with Crippen molar-refractivity contribution in [2.75, 3.05) is 26.4 Å². The third kappa shape index (κ3) is 34.3. The molecular weight excluding hydrogens is 961 g/mol. The minimum absolute atomic E-state index is 0.174. The highest BCUT2D eigenvalue weighted by molar-refractivity contribution is 5.70. The highest BCUT2D eigenvalue weighted by Gasteiger charge is 2.47. The number of hydrogen-bond donors (Lipinski definition) is 7. The largest absolute Gasteiger partial charge is 0.462 e. The van der Waals surface area contributed by atoms with Crippen LogP contribution in [0.3, 0.4) is 0 Å². The van der Waals surface area contributed by atoms with Gasteiger partial charge in [0, 0.05) is 12.8 Å². The predicted molar refractivity (Wildman–Crippen MR) is 294 cm³/mol. The summed E-state index contributed by atoms with van der Waals surface area (Å²) in [6.07, 6.45) is 32.7. The summed E-state index contributed by atoms with van der Waals surface area (Å²) in [6.45, 7) is 2.67. The molecule has 0 aromatic rings. The molecule has 15 heteroatoms. The van der Waals surface area contributed by atoms with Gasteiger partial charge in [-0.15, -0.1) is 0 Å². The fourth-order valence-electron chi connectivity index (χ4n) is 10.3. The van der Waals surface area contributed by atoms with E-state index in [1.807, 2.05) is 0 Å². The number of aliphatic hydroxyl groups is 7. The lowest BCUT2D eigenvalue weighted by Crippen LogP contribution is -2.61. The number of hydrogen-bond acceptors (Lipinski definition) is 15. The van der Waals surface area contributed by atoms with E-state index in [1.165, 1.54) is 199 Å². The van der Waals surface area contributed by atoms with E-state index in [0.29, 0.717) is 12.8 Å². The van der Waals surface area contributed by atoms with Gasteiger partial charge in [-0.2, -0.15) is 0 Å². The molecule has 2 rings (SSSR count). The SMILES string of the molecule is CCCCCCCCCCCCCCCCCCCCCCCCC(=O)OC[C@@H](CO[C@@H]1O[C@H](CO[C@@H]2O[C@H](CO)[C@H](O)C(O)C2O)[C@H](O)C(O)C1O)OC(=O)CCCCCCCCCCCCCCCCCCC. The summed E-state index contributed by atoms with van der Waals surface area (Å²) in [4.78, 5) is 25.9. The van der Waals surface area contributed by atoms with E-state index in [1.54, 1.807) is 0 Å². The van der Waals surface area contributed by atoms with Crippen molar-refractivity contribution in [2.45, 2.75) is 345 Å². The average molecular weight is 1080 g/mol. The maximum atomic E-state index is 13.1. The number of rotatable bonds is 51. The lowest BCUT2D eigenvalue weighted by atomic mass is 9.98. The van der Waals surface area contributed by atoms with E-state index in [0.717, 1.165) is 38.5 Å². The molecule has 0 saturated carbocycles. The smallest absolute Gasteiger partial charge is 0.306 e. The fraction of sp³-hybridized carbons (Fsp3) is 0.967. The summed E-state index contributed by atoms with van der Waals surface area (Å²) in [5.41, 5.74) is 0. The van der Waals surface area contributed by atoms with Gasteiger partial charge < -0.3 is 64.2 Å². The molecule has 75 heavy (non-hydrogen) atoms. The van der Waals surface area contributed by atoms with Crippen molar-refractivity contribution in [2.24, 2.45) is 0 Å². The van der Waals surface area contributed by atoms with Gasteiger partial charge in [0.15, 0.2) is 18.7 Å². The van der Waals surface area contributed by atoms with E-state index in [2.05, 4.69) is 13.8 Å². The molecule has 0 aromatic heterocycles. The van der Waals surface area contributed by atoms with Crippen LogP contribution < -0.4 is 0 Å². The van der Waals surface area contributed by atoms with Crippen molar-refractivity contribution in [3.63, 3.8) is 0 Å². The van der Waals surface area contributed by atoms with Crippen molar-refractivity contribution >= 4 is 11.9 Å². The van der Waals surface area contributed by atoms with Crippen LogP contribution in [-0.2, 0) is 38.0 Å². The van der Waals surface area contributed by atoms with Crippen LogP contribution >= 0.6 is 0 Å². The number of aliphatic hydroxyl groups excluding tert-OH is 7. The van der Waals surface area contributed by atoms with Gasteiger partial charge in [0.1, 0.15) is 55.4 Å². The van der Waals surface area contributed by atoms with Crippen molar-refractivity contribution in [3.8, 4) is 0 Å². The number of ether oxygens (including phenoxy) is 6. The van der Waals surface area contributed by atoms with Crippen LogP contribution in [0, 0.1) is 0 Å². The van der Waals surface area contributed by atoms with Gasteiger partial charge in [-0.3, -0.25) is 9.59 Å². The summed E-state index contributed by atoms with van der Waals surface area (Å²) < 4.78 is 33.8. The molecule has 7 N–H and O–H groups in total. The Balaban J connectivity index is 1.70. The predicted octanol–water partition coefficient (Wildman–Crippen LogP) is 11.1. The standard InChI is InChI=1S/C60H114O15/c1-3-5-7-9-11-13-15-17-19-21-22-23-24-25-27-28-30-32-34-36-38-40-42-51(62)70-45-48(73-52(63)43-41-39-37-35-33-31-29-26-20-18-16-14-12-10-8-6-4-2)46-71-59-58(69)56(67)54(65)50(75-59)47-72-60-57(68)55(66)53(64)49(44-61)74-60/h48-50,53-61,64-69H,3-47H2,1-2H3/t48-,49+,50+,53-,54-,55?,56?,57?,58?,59+,60+/m0/s1. The minimum Gasteiger partial charge on any atom is -0.462 e. The average Bonchev–Trinajstić information content (AvgIpc) is 3.40. The van der Waals surface area contributed by atoms with Crippen LogP contribution in [-0.4, -0.2) is 142 Å². The molecule has 4 unspecified atom stereocenters. The second-order valence-electron chi connectivity index (χ2n) is 22.3. The van der Waals surface area contributed by atoms with E-state index in [9.17, 15) is 45.3 Å². The van der Waals surface area contributed by atoms with Crippen molar-refractivity contribution in [1.29, 1.82) is 0 Å². The van der Waals surface area contributed by atoms with Crippen LogP contribution in [0.1, 0.15) is 277 Å². The second-order valence-corrected chi connectivity index (χ2v) is 22.3. The van der Waals surface area contributed by atoms with E-state index in [4.69, 9.17) is 28.4 Å². The Kier molecular flexibility index (Phi) is 43.9. The highest BCUT2D eigenvalue weighted by atomic mass is 16.7. The third-order valence-electron chi connectivity index (χ3n) is 15.3. The van der Waals surface area contributed by atoms with Gasteiger partial charge in [-0.25, -0.2) is 0 Å². The Morgan fingerprint density at radius 3 is 1.04 bits per heavy atom. The summed E-state index contributed by atoms with van der Waals surface area (Å²) in [5.74, 6) is -0.901. The molecule has 0 aliphatic carbocycles. The molecule has 0 bridgehead atoms. The summed E-state index contributed by atoms with van der Waals surface area (Å²) >= 11 is 0. The molecule has 0 amide bonds.